The number of amides is 1. The van der Waals surface area contributed by atoms with Crippen LogP contribution in [0.5, 0.6) is 0 Å². The Bertz CT molecular complexity index is 308. The molecular formula is C6H12N2O5S. The predicted octanol–water partition coefficient (Wildman–Crippen LogP) is -1.30. The number of nitrogens with one attached hydrogen (secondary N) is 2. The summed E-state index contributed by atoms with van der Waals surface area (Å²) < 4.78 is 30.2. The maximum Gasteiger partial charge on any atom is 0.421 e. The molecule has 0 aromatic heterocycles. The fourth-order valence-corrected chi connectivity index (χ4v) is 2.08. The molecule has 8 heteroatoms. The van der Waals surface area contributed by atoms with Gasteiger partial charge >= 0.3 is 16.3 Å². The summed E-state index contributed by atoms with van der Waals surface area (Å²) in [5.74, 6) is 0. The zero-order valence-corrected chi connectivity index (χ0v) is 8.37. The van der Waals surface area contributed by atoms with Gasteiger partial charge in [0.05, 0.1) is 13.2 Å². The van der Waals surface area contributed by atoms with Crippen LogP contribution < -0.4 is 9.44 Å². The Morgan fingerprint density at radius 2 is 2.07 bits per heavy atom. The summed E-state index contributed by atoms with van der Waals surface area (Å²) in [5.41, 5.74) is 0. The zero-order chi connectivity index (χ0) is 10.8. The van der Waals surface area contributed by atoms with Crippen LogP contribution in [-0.2, 0) is 14.9 Å². The van der Waals surface area contributed by atoms with E-state index in [1.807, 2.05) is 0 Å². The number of aliphatic hydroxyl groups is 1. The van der Waals surface area contributed by atoms with Crippen LogP contribution in [0.4, 0.5) is 4.79 Å². The molecular weight excluding hydrogens is 212 g/mol. The summed E-state index contributed by atoms with van der Waals surface area (Å²) in [6, 6.07) is -0.313. The van der Waals surface area contributed by atoms with E-state index in [2.05, 4.69) is 9.46 Å². The Morgan fingerprint density at radius 3 is 2.50 bits per heavy atom. The molecule has 0 radical (unpaired) electrons. The molecule has 7 nitrogen and oxygen atoms in total. The molecule has 1 amide bonds. The van der Waals surface area contributed by atoms with Crippen LogP contribution in [0.1, 0.15) is 12.8 Å². The van der Waals surface area contributed by atoms with Crippen LogP contribution in [0.25, 0.3) is 0 Å². The number of carbonyl (C=O) groups is 1. The molecule has 0 saturated heterocycles. The van der Waals surface area contributed by atoms with Crippen molar-refractivity contribution in [2.45, 2.75) is 25.0 Å². The molecule has 3 N–H and O–H groups in total. The summed E-state index contributed by atoms with van der Waals surface area (Å²) >= 11 is 0. The van der Waals surface area contributed by atoms with E-state index >= 15 is 0 Å². The highest BCUT2D eigenvalue weighted by Crippen LogP contribution is 2.19. The van der Waals surface area contributed by atoms with Crippen LogP contribution >= 0.6 is 0 Å². The first-order chi connectivity index (χ1) is 6.43. The second-order valence-electron chi connectivity index (χ2n) is 3.04. The lowest BCUT2D eigenvalue weighted by atomic mass is 9.91. The number of ether oxygens (including phenoxy) is 1. The van der Waals surface area contributed by atoms with E-state index in [0.29, 0.717) is 12.8 Å². The van der Waals surface area contributed by atoms with Gasteiger partial charge in [0, 0.05) is 6.04 Å². The van der Waals surface area contributed by atoms with Crippen molar-refractivity contribution >= 4 is 16.3 Å². The zero-order valence-electron chi connectivity index (χ0n) is 7.56. The normalized spacial score (nSPS) is 26.4. The predicted molar refractivity (Wildman–Crippen MR) is 46.6 cm³/mol. The molecule has 0 spiro atoms. The Kier molecular flexibility index (Phi) is 3.29. The van der Waals surface area contributed by atoms with E-state index in [1.54, 1.807) is 4.72 Å². The first kappa shape index (κ1) is 11.2. The van der Waals surface area contributed by atoms with Gasteiger partial charge in [0.25, 0.3) is 0 Å². The number of rotatable bonds is 3. The van der Waals surface area contributed by atoms with E-state index in [1.165, 1.54) is 0 Å². The third-order valence-electron chi connectivity index (χ3n) is 1.84. The molecule has 0 aliphatic heterocycles. The van der Waals surface area contributed by atoms with Crippen molar-refractivity contribution in [1.82, 2.24) is 9.44 Å². The highest BCUT2D eigenvalue weighted by atomic mass is 32.2. The minimum atomic E-state index is -3.86. The summed E-state index contributed by atoms with van der Waals surface area (Å²) in [6.07, 6.45) is -0.775. The molecule has 1 fully saturated rings. The SMILES string of the molecule is COC(=O)NS(=O)(=O)NC1CC(O)C1. The van der Waals surface area contributed by atoms with E-state index in [-0.39, 0.29) is 6.04 Å². The van der Waals surface area contributed by atoms with Gasteiger partial charge in [0.2, 0.25) is 0 Å². The van der Waals surface area contributed by atoms with Crippen molar-refractivity contribution in [3.63, 3.8) is 0 Å². The van der Waals surface area contributed by atoms with Crippen LogP contribution in [0, 0.1) is 0 Å². The quantitative estimate of drug-likeness (QED) is 0.552. The standard InChI is InChI=1S/C6H12N2O5S/c1-13-6(10)8-14(11,12)7-4-2-5(9)3-4/h4-5,7,9H,2-3H2,1H3,(H,8,10). The fourth-order valence-electron chi connectivity index (χ4n) is 1.08. The Labute approximate surface area is 81.6 Å². The molecule has 1 rings (SSSR count). The van der Waals surface area contributed by atoms with Gasteiger partial charge in [-0.2, -0.15) is 13.1 Å². The van der Waals surface area contributed by atoms with Crippen LogP contribution in [0.15, 0.2) is 0 Å². The van der Waals surface area contributed by atoms with Crippen molar-refractivity contribution < 1.29 is 23.1 Å². The van der Waals surface area contributed by atoms with Gasteiger partial charge in [-0.15, -0.1) is 0 Å². The van der Waals surface area contributed by atoms with Crippen molar-refractivity contribution in [2.24, 2.45) is 0 Å². The molecule has 82 valence electrons. The van der Waals surface area contributed by atoms with Crippen molar-refractivity contribution in [1.29, 1.82) is 0 Å². The fraction of sp³-hybridized carbons (Fsp3) is 0.833. The van der Waals surface area contributed by atoms with E-state index in [4.69, 9.17) is 5.11 Å². The average molecular weight is 224 g/mol. The molecule has 0 atom stereocenters. The highest BCUT2D eigenvalue weighted by Gasteiger charge is 2.31. The topological polar surface area (TPSA) is 105 Å². The summed E-state index contributed by atoms with van der Waals surface area (Å²) in [6.45, 7) is 0. The van der Waals surface area contributed by atoms with Crippen LogP contribution in [0.3, 0.4) is 0 Å². The third kappa shape index (κ3) is 3.13. The largest absolute Gasteiger partial charge is 0.452 e. The van der Waals surface area contributed by atoms with Crippen LogP contribution in [-0.4, -0.2) is 38.9 Å². The number of hydrogen-bond acceptors (Lipinski definition) is 5. The van der Waals surface area contributed by atoms with Gasteiger partial charge in [-0.3, -0.25) is 0 Å². The highest BCUT2D eigenvalue weighted by molar-refractivity contribution is 7.88. The van der Waals surface area contributed by atoms with Crippen molar-refractivity contribution in [2.75, 3.05) is 7.11 Å². The Hall–Kier alpha value is -0.860. The minimum Gasteiger partial charge on any atom is -0.452 e. The minimum absolute atomic E-state index is 0.313. The van der Waals surface area contributed by atoms with Crippen molar-refractivity contribution in [3.05, 3.63) is 0 Å². The van der Waals surface area contributed by atoms with Gasteiger partial charge in [-0.25, -0.2) is 9.52 Å². The first-order valence-electron chi connectivity index (χ1n) is 3.99. The number of methoxy groups -OCH3 is 1. The lowest BCUT2D eigenvalue weighted by Gasteiger charge is -2.31. The van der Waals surface area contributed by atoms with Gasteiger partial charge in [0.1, 0.15) is 0 Å². The second kappa shape index (κ2) is 4.11. The average Bonchev–Trinajstić information content (AvgIpc) is 2.00. The van der Waals surface area contributed by atoms with Gasteiger partial charge in [0.15, 0.2) is 0 Å². The van der Waals surface area contributed by atoms with Gasteiger partial charge in [-0.05, 0) is 12.8 Å². The molecule has 1 saturated carbocycles. The second-order valence-corrected chi connectivity index (χ2v) is 4.48. The number of aliphatic hydroxyl groups excluding tert-OH is 1. The lowest BCUT2D eigenvalue weighted by Crippen LogP contribution is -2.51. The summed E-state index contributed by atoms with van der Waals surface area (Å²) in [5, 5.41) is 8.90. The number of hydrogen-bond donors (Lipinski definition) is 3. The van der Waals surface area contributed by atoms with E-state index in [0.717, 1.165) is 7.11 Å². The van der Waals surface area contributed by atoms with E-state index in [9.17, 15) is 13.2 Å². The monoisotopic (exact) mass is 224 g/mol. The van der Waals surface area contributed by atoms with Gasteiger partial charge < -0.3 is 9.84 Å². The maximum absolute atomic E-state index is 11.1. The molecule has 1 aliphatic carbocycles. The molecule has 0 heterocycles. The lowest BCUT2D eigenvalue weighted by molar-refractivity contribution is 0.0711. The molecule has 1 aliphatic rings. The molecule has 14 heavy (non-hydrogen) atoms. The molecule has 0 bridgehead atoms. The van der Waals surface area contributed by atoms with Crippen molar-refractivity contribution in [3.8, 4) is 0 Å². The summed E-state index contributed by atoms with van der Waals surface area (Å²) in [7, 11) is -2.79. The van der Waals surface area contributed by atoms with Gasteiger partial charge in [-0.1, -0.05) is 0 Å². The summed E-state index contributed by atoms with van der Waals surface area (Å²) in [4.78, 5) is 10.6. The Morgan fingerprint density at radius 1 is 1.50 bits per heavy atom. The first-order valence-corrected chi connectivity index (χ1v) is 5.47. The maximum atomic E-state index is 11.1. The smallest absolute Gasteiger partial charge is 0.421 e. The molecule has 0 aromatic carbocycles. The van der Waals surface area contributed by atoms with Crippen LogP contribution in [0.2, 0.25) is 0 Å². The van der Waals surface area contributed by atoms with E-state index < -0.39 is 22.4 Å². The Balaban J connectivity index is 2.38. The molecule has 0 unspecified atom stereocenters. The number of carbonyl (C=O) groups excluding carboxylic acids is 1. The third-order valence-corrected chi connectivity index (χ3v) is 2.92. The molecule has 0 aromatic rings.